The number of aliphatic hydroxyl groups excluding tert-OH is 1. The number of aliphatic hydroxyl groups is 1. The molecule has 1 heterocycles. The van der Waals surface area contributed by atoms with Gasteiger partial charge in [-0.05, 0) is 37.8 Å². The van der Waals surface area contributed by atoms with Crippen molar-refractivity contribution < 1.29 is 9.90 Å². The molecule has 1 aromatic heterocycles. The molecule has 1 saturated carbocycles. The maximum absolute atomic E-state index is 11.9. The number of amides is 1. The van der Waals surface area contributed by atoms with E-state index < -0.39 is 17.6 Å². The number of aromatic nitrogens is 1. The van der Waals surface area contributed by atoms with Crippen LogP contribution in [0.1, 0.15) is 41.7 Å². The lowest BCUT2D eigenvalue weighted by molar-refractivity contribution is 0.0839. The van der Waals surface area contributed by atoms with Crippen molar-refractivity contribution >= 4 is 5.91 Å². The van der Waals surface area contributed by atoms with Crippen molar-refractivity contribution in [2.24, 2.45) is 5.92 Å². The topological polar surface area (TPSA) is 82.2 Å². The summed E-state index contributed by atoms with van der Waals surface area (Å²) in [5.74, 6) is -0.158. The molecule has 5 heteroatoms. The Morgan fingerprint density at radius 3 is 2.79 bits per heavy atom. The fourth-order valence-electron chi connectivity index (χ4n) is 2.55. The van der Waals surface area contributed by atoms with Crippen LogP contribution in [0.15, 0.2) is 16.9 Å². The molecule has 3 N–H and O–H groups in total. The molecule has 0 spiro atoms. The molecule has 104 valence electrons. The zero-order valence-electron chi connectivity index (χ0n) is 11.1. The Hall–Kier alpha value is -1.62. The van der Waals surface area contributed by atoms with Crippen LogP contribution in [-0.4, -0.2) is 28.6 Å². The van der Waals surface area contributed by atoms with Gasteiger partial charge in [-0.25, -0.2) is 0 Å². The monoisotopic (exact) mass is 264 g/mol. The zero-order chi connectivity index (χ0) is 13.8. The SMILES string of the molecule is Cc1ccc(C(=O)NCC(O)C2CCCC2)c(=O)[nH]1. The van der Waals surface area contributed by atoms with Crippen molar-refractivity contribution in [2.75, 3.05) is 6.54 Å². The Kier molecular flexibility index (Phi) is 4.37. The van der Waals surface area contributed by atoms with Gasteiger partial charge in [0.05, 0.1) is 6.10 Å². The van der Waals surface area contributed by atoms with E-state index in [0.717, 1.165) is 25.7 Å². The number of carbonyl (C=O) groups excluding carboxylic acids is 1. The van der Waals surface area contributed by atoms with Gasteiger partial charge in [-0.3, -0.25) is 9.59 Å². The second-order valence-corrected chi connectivity index (χ2v) is 5.21. The quantitative estimate of drug-likeness (QED) is 0.757. The Morgan fingerprint density at radius 2 is 2.16 bits per heavy atom. The smallest absolute Gasteiger partial charge is 0.260 e. The third-order valence-electron chi connectivity index (χ3n) is 3.72. The number of nitrogens with one attached hydrogen (secondary N) is 2. The standard InChI is InChI=1S/C14H20N2O3/c1-9-6-7-11(14(19)16-9)13(18)15-8-12(17)10-4-2-3-5-10/h6-7,10,12,17H,2-5,8H2,1H3,(H,15,18)(H,16,19). The molecular weight excluding hydrogens is 244 g/mol. The van der Waals surface area contributed by atoms with Gasteiger partial charge in [0.15, 0.2) is 0 Å². The van der Waals surface area contributed by atoms with Crippen LogP contribution < -0.4 is 10.9 Å². The molecule has 1 aliphatic carbocycles. The molecule has 1 atom stereocenters. The maximum atomic E-state index is 11.9. The molecule has 0 aliphatic heterocycles. The molecule has 0 saturated heterocycles. The average molecular weight is 264 g/mol. The first kappa shape index (κ1) is 13.8. The van der Waals surface area contributed by atoms with Gasteiger partial charge < -0.3 is 15.4 Å². The highest BCUT2D eigenvalue weighted by Gasteiger charge is 2.23. The zero-order valence-corrected chi connectivity index (χ0v) is 11.1. The second kappa shape index (κ2) is 6.02. The minimum Gasteiger partial charge on any atom is -0.391 e. The van der Waals surface area contributed by atoms with Gasteiger partial charge in [0, 0.05) is 12.2 Å². The molecule has 1 aromatic rings. The van der Waals surface area contributed by atoms with E-state index in [1.54, 1.807) is 13.0 Å². The van der Waals surface area contributed by atoms with Crippen LogP contribution in [-0.2, 0) is 0 Å². The number of aromatic amines is 1. The normalized spacial score (nSPS) is 17.4. The first-order chi connectivity index (χ1) is 9.08. The summed E-state index contributed by atoms with van der Waals surface area (Å²) in [6.45, 7) is 1.96. The van der Waals surface area contributed by atoms with E-state index in [1.807, 2.05) is 0 Å². The van der Waals surface area contributed by atoms with Gasteiger partial charge >= 0.3 is 0 Å². The lowest BCUT2D eigenvalue weighted by atomic mass is 10.0. The summed E-state index contributed by atoms with van der Waals surface area (Å²) in [5.41, 5.74) is 0.407. The van der Waals surface area contributed by atoms with Crippen LogP contribution >= 0.6 is 0 Å². The highest BCUT2D eigenvalue weighted by Crippen LogP contribution is 2.27. The predicted octanol–water partition coefficient (Wildman–Crippen LogP) is 0.964. The Morgan fingerprint density at radius 1 is 1.47 bits per heavy atom. The summed E-state index contributed by atoms with van der Waals surface area (Å²) < 4.78 is 0. The molecule has 1 unspecified atom stereocenters. The summed E-state index contributed by atoms with van der Waals surface area (Å²) in [4.78, 5) is 26.0. The molecular formula is C14H20N2O3. The fourth-order valence-corrected chi connectivity index (χ4v) is 2.55. The molecule has 0 aromatic carbocycles. The lowest BCUT2D eigenvalue weighted by Gasteiger charge is -2.17. The van der Waals surface area contributed by atoms with Crippen LogP contribution in [0.25, 0.3) is 0 Å². The summed E-state index contributed by atoms with van der Waals surface area (Å²) >= 11 is 0. The minimum absolute atomic E-state index is 0.0872. The Labute approximate surface area is 112 Å². The van der Waals surface area contributed by atoms with E-state index in [0.29, 0.717) is 5.69 Å². The maximum Gasteiger partial charge on any atom is 0.260 e. The van der Waals surface area contributed by atoms with Gasteiger partial charge in [0.1, 0.15) is 5.56 Å². The third-order valence-corrected chi connectivity index (χ3v) is 3.72. The van der Waals surface area contributed by atoms with Crippen molar-refractivity contribution in [3.63, 3.8) is 0 Å². The van der Waals surface area contributed by atoms with Gasteiger partial charge in [0.25, 0.3) is 11.5 Å². The van der Waals surface area contributed by atoms with Crippen molar-refractivity contribution in [3.8, 4) is 0 Å². The lowest BCUT2D eigenvalue weighted by Crippen LogP contribution is -2.37. The molecule has 2 rings (SSSR count). The number of rotatable bonds is 4. The number of H-pyrrole nitrogens is 1. The van der Waals surface area contributed by atoms with Gasteiger partial charge in [-0.15, -0.1) is 0 Å². The first-order valence-corrected chi connectivity index (χ1v) is 6.74. The molecule has 0 bridgehead atoms. The number of hydrogen-bond acceptors (Lipinski definition) is 3. The van der Waals surface area contributed by atoms with Gasteiger partial charge in [-0.2, -0.15) is 0 Å². The number of hydrogen-bond donors (Lipinski definition) is 3. The van der Waals surface area contributed by atoms with Crippen LogP contribution in [0.2, 0.25) is 0 Å². The van der Waals surface area contributed by atoms with Crippen molar-refractivity contribution in [2.45, 2.75) is 38.7 Å². The van der Waals surface area contributed by atoms with Crippen molar-refractivity contribution in [1.82, 2.24) is 10.3 Å². The summed E-state index contributed by atoms with van der Waals surface area (Å²) in [5, 5.41) is 12.6. The van der Waals surface area contributed by atoms with Gasteiger partial charge in [-0.1, -0.05) is 12.8 Å². The molecule has 5 nitrogen and oxygen atoms in total. The first-order valence-electron chi connectivity index (χ1n) is 6.74. The van der Waals surface area contributed by atoms with E-state index >= 15 is 0 Å². The van der Waals surface area contributed by atoms with Crippen LogP contribution in [0.3, 0.4) is 0 Å². The highest BCUT2D eigenvalue weighted by molar-refractivity contribution is 5.93. The average Bonchev–Trinajstić information content (AvgIpc) is 2.89. The summed E-state index contributed by atoms with van der Waals surface area (Å²) in [6.07, 6.45) is 3.81. The number of aryl methyl sites for hydroxylation is 1. The fraction of sp³-hybridized carbons (Fsp3) is 0.571. The minimum atomic E-state index is -0.518. The Bertz CT molecular complexity index is 504. The van der Waals surface area contributed by atoms with Crippen LogP contribution in [0, 0.1) is 12.8 Å². The van der Waals surface area contributed by atoms with E-state index in [9.17, 15) is 14.7 Å². The van der Waals surface area contributed by atoms with E-state index in [1.165, 1.54) is 6.07 Å². The molecule has 19 heavy (non-hydrogen) atoms. The molecule has 0 radical (unpaired) electrons. The third kappa shape index (κ3) is 3.44. The second-order valence-electron chi connectivity index (χ2n) is 5.21. The van der Waals surface area contributed by atoms with Crippen LogP contribution in [0.5, 0.6) is 0 Å². The van der Waals surface area contributed by atoms with Crippen LogP contribution in [0.4, 0.5) is 0 Å². The summed E-state index contributed by atoms with van der Waals surface area (Å²) in [6, 6.07) is 3.19. The van der Waals surface area contributed by atoms with E-state index in [2.05, 4.69) is 10.3 Å². The van der Waals surface area contributed by atoms with E-state index in [-0.39, 0.29) is 18.0 Å². The molecule has 1 aliphatic rings. The van der Waals surface area contributed by atoms with Gasteiger partial charge in [0.2, 0.25) is 0 Å². The number of pyridine rings is 1. The van der Waals surface area contributed by atoms with Crippen molar-refractivity contribution in [1.29, 1.82) is 0 Å². The molecule has 1 fully saturated rings. The predicted molar refractivity (Wildman–Crippen MR) is 72.1 cm³/mol. The van der Waals surface area contributed by atoms with Crippen molar-refractivity contribution in [3.05, 3.63) is 33.7 Å². The Balaban J connectivity index is 1.92. The largest absolute Gasteiger partial charge is 0.391 e. The molecule has 1 amide bonds. The highest BCUT2D eigenvalue weighted by atomic mass is 16.3. The van der Waals surface area contributed by atoms with E-state index in [4.69, 9.17) is 0 Å². The summed E-state index contributed by atoms with van der Waals surface area (Å²) in [7, 11) is 0. The number of carbonyl (C=O) groups is 1.